The SMILES string of the molecule is CCOC(=O)c1sc(NC(=O)C(CC)OC(=O)c2ccnc(Cl)c2)c(C(=O)OC)c1C. The lowest BCUT2D eigenvalue weighted by Gasteiger charge is -2.16. The number of halogens is 1. The summed E-state index contributed by atoms with van der Waals surface area (Å²) < 4.78 is 15.1. The van der Waals surface area contributed by atoms with E-state index >= 15 is 0 Å². The van der Waals surface area contributed by atoms with Crippen molar-refractivity contribution in [2.24, 2.45) is 0 Å². The van der Waals surface area contributed by atoms with Gasteiger partial charge in [0.05, 0.1) is 24.8 Å². The standard InChI is InChI=1S/C20H21ClN2O7S/c1-5-12(30-18(25)11-7-8-22-13(21)9-11)16(24)23-17-14(19(26)28-4)10(3)15(31-17)20(27)29-6-2/h7-9,12H,5-6H2,1-4H3,(H,23,24). The summed E-state index contributed by atoms with van der Waals surface area (Å²) in [6.45, 7) is 5.01. The van der Waals surface area contributed by atoms with Gasteiger partial charge in [-0.15, -0.1) is 11.3 Å². The molecule has 0 bridgehead atoms. The van der Waals surface area contributed by atoms with Crippen LogP contribution in [0.5, 0.6) is 0 Å². The van der Waals surface area contributed by atoms with Crippen LogP contribution < -0.4 is 5.32 Å². The minimum Gasteiger partial charge on any atom is -0.465 e. The topological polar surface area (TPSA) is 121 Å². The molecule has 9 nitrogen and oxygen atoms in total. The highest BCUT2D eigenvalue weighted by molar-refractivity contribution is 7.18. The summed E-state index contributed by atoms with van der Waals surface area (Å²) in [6, 6.07) is 2.72. The molecule has 0 radical (unpaired) electrons. The molecule has 0 aliphatic rings. The van der Waals surface area contributed by atoms with Crippen LogP contribution in [0.15, 0.2) is 18.3 Å². The van der Waals surface area contributed by atoms with Crippen LogP contribution in [0.3, 0.4) is 0 Å². The Morgan fingerprint density at radius 1 is 1.19 bits per heavy atom. The number of nitrogens with one attached hydrogen (secondary N) is 1. The normalized spacial score (nSPS) is 11.4. The molecule has 0 aliphatic carbocycles. The molecule has 11 heteroatoms. The van der Waals surface area contributed by atoms with Crippen molar-refractivity contribution in [3.8, 4) is 0 Å². The molecule has 0 saturated heterocycles. The number of aromatic nitrogens is 1. The number of carbonyl (C=O) groups is 4. The highest BCUT2D eigenvalue weighted by Gasteiger charge is 2.29. The Bertz CT molecular complexity index is 1010. The lowest BCUT2D eigenvalue weighted by Crippen LogP contribution is -2.32. The van der Waals surface area contributed by atoms with Gasteiger partial charge in [-0.3, -0.25) is 4.79 Å². The maximum Gasteiger partial charge on any atom is 0.348 e. The zero-order valence-electron chi connectivity index (χ0n) is 17.3. The van der Waals surface area contributed by atoms with Gasteiger partial charge in [-0.25, -0.2) is 19.4 Å². The Kier molecular flexibility index (Phi) is 8.52. The van der Waals surface area contributed by atoms with E-state index in [1.54, 1.807) is 20.8 Å². The highest BCUT2D eigenvalue weighted by atomic mass is 35.5. The molecule has 166 valence electrons. The van der Waals surface area contributed by atoms with E-state index in [0.29, 0.717) is 5.56 Å². The zero-order valence-corrected chi connectivity index (χ0v) is 18.9. The highest BCUT2D eigenvalue weighted by Crippen LogP contribution is 2.34. The summed E-state index contributed by atoms with van der Waals surface area (Å²) >= 11 is 6.65. The van der Waals surface area contributed by atoms with Crippen molar-refractivity contribution in [3.63, 3.8) is 0 Å². The molecule has 1 amide bonds. The molecule has 0 aromatic carbocycles. The molecule has 2 aromatic heterocycles. The van der Waals surface area contributed by atoms with E-state index in [1.165, 1.54) is 25.4 Å². The van der Waals surface area contributed by atoms with Crippen molar-refractivity contribution in [2.45, 2.75) is 33.3 Å². The summed E-state index contributed by atoms with van der Waals surface area (Å²) in [5, 5.41) is 2.76. The Morgan fingerprint density at radius 3 is 2.48 bits per heavy atom. The molecule has 2 rings (SSSR count). The number of hydrogen-bond donors (Lipinski definition) is 1. The Labute approximate surface area is 187 Å². The molecular formula is C20H21ClN2O7S. The monoisotopic (exact) mass is 468 g/mol. The molecule has 2 aromatic rings. The Hall–Kier alpha value is -2.98. The summed E-state index contributed by atoms with van der Waals surface area (Å²) in [6.07, 6.45) is 0.353. The van der Waals surface area contributed by atoms with Crippen molar-refractivity contribution in [1.29, 1.82) is 0 Å². The lowest BCUT2D eigenvalue weighted by molar-refractivity contribution is -0.124. The first-order valence-corrected chi connectivity index (χ1v) is 10.4. The van der Waals surface area contributed by atoms with Crippen LogP contribution in [0.4, 0.5) is 5.00 Å². The van der Waals surface area contributed by atoms with Gasteiger partial charge in [-0.1, -0.05) is 18.5 Å². The quantitative estimate of drug-likeness (QED) is 0.354. The number of nitrogens with zero attached hydrogens (tertiary/aromatic N) is 1. The largest absolute Gasteiger partial charge is 0.465 e. The van der Waals surface area contributed by atoms with Gasteiger partial charge in [0.1, 0.15) is 15.0 Å². The molecule has 0 spiro atoms. The third-order valence-corrected chi connectivity index (χ3v) is 5.50. The van der Waals surface area contributed by atoms with Gasteiger partial charge in [-0.2, -0.15) is 0 Å². The zero-order chi connectivity index (χ0) is 23.1. The third kappa shape index (κ3) is 5.80. The van der Waals surface area contributed by atoms with E-state index in [-0.39, 0.29) is 39.2 Å². The predicted molar refractivity (Wildman–Crippen MR) is 114 cm³/mol. The van der Waals surface area contributed by atoms with Crippen LogP contribution in [0.25, 0.3) is 0 Å². The second kappa shape index (κ2) is 10.9. The van der Waals surface area contributed by atoms with Crippen LogP contribution in [0.2, 0.25) is 5.15 Å². The van der Waals surface area contributed by atoms with E-state index in [1.807, 2.05) is 0 Å². The maximum atomic E-state index is 12.8. The second-order valence-electron chi connectivity index (χ2n) is 6.13. The first kappa shape index (κ1) is 24.3. The first-order chi connectivity index (χ1) is 14.7. The summed E-state index contributed by atoms with van der Waals surface area (Å²) in [5.41, 5.74) is 0.492. The predicted octanol–water partition coefficient (Wildman–Crippen LogP) is 3.64. The van der Waals surface area contributed by atoms with Crippen molar-refractivity contribution >= 4 is 51.8 Å². The maximum absolute atomic E-state index is 12.8. The molecule has 1 atom stereocenters. The van der Waals surface area contributed by atoms with Crippen molar-refractivity contribution in [3.05, 3.63) is 45.1 Å². The number of anilines is 1. The third-order valence-electron chi connectivity index (χ3n) is 4.11. The van der Waals surface area contributed by atoms with Gasteiger partial charge < -0.3 is 19.5 Å². The molecule has 0 fully saturated rings. The van der Waals surface area contributed by atoms with Gasteiger partial charge in [0, 0.05) is 6.20 Å². The number of carbonyl (C=O) groups excluding carboxylic acids is 4. The van der Waals surface area contributed by atoms with Gasteiger partial charge in [0.25, 0.3) is 5.91 Å². The fourth-order valence-electron chi connectivity index (χ4n) is 2.58. The van der Waals surface area contributed by atoms with E-state index in [9.17, 15) is 19.2 Å². The second-order valence-corrected chi connectivity index (χ2v) is 7.54. The first-order valence-electron chi connectivity index (χ1n) is 9.25. The number of pyridine rings is 1. The van der Waals surface area contributed by atoms with E-state index in [0.717, 1.165) is 11.3 Å². The molecule has 1 unspecified atom stereocenters. The number of rotatable bonds is 8. The average Bonchev–Trinajstić information content (AvgIpc) is 3.07. The fraction of sp³-hybridized carbons (Fsp3) is 0.350. The molecule has 0 saturated carbocycles. The Balaban J connectivity index is 2.27. The number of hydrogen-bond acceptors (Lipinski definition) is 9. The molecule has 2 heterocycles. The number of esters is 3. The van der Waals surface area contributed by atoms with Crippen LogP contribution in [-0.2, 0) is 19.0 Å². The number of methoxy groups -OCH3 is 1. The molecular weight excluding hydrogens is 448 g/mol. The van der Waals surface area contributed by atoms with Gasteiger partial charge in [0.15, 0.2) is 6.10 Å². The number of thiophene rings is 1. The molecule has 0 aliphatic heterocycles. The number of ether oxygens (including phenoxy) is 3. The van der Waals surface area contributed by atoms with Crippen molar-refractivity contribution < 1.29 is 33.4 Å². The fourth-order valence-corrected chi connectivity index (χ4v) is 3.85. The number of amides is 1. The lowest BCUT2D eigenvalue weighted by atomic mass is 10.1. The van der Waals surface area contributed by atoms with E-state index < -0.39 is 29.9 Å². The van der Waals surface area contributed by atoms with E-state index in [4.69, 9.17) is 25.8 Å². The minimum absolute atomic E-state index is 0.0333. The van der Waals surface area contributed by atoms with Crippen LogP contribution >= 0.6 is 22.9 Å². The summed E-state index contributed by atoms with van der Waals surface area (Å²) in [7, 11) is 1.19. The summed E-state index contributed by atoms with van der Waals surface area (Å²) in [5.74, 6) is -2.77. The molecule has 1 N–H and O–H groups in total. The minimum atomic E-state index is -1.15. The van der Waals surface area contributed by atoms with Gasteiger partial charge >= 0.3 is 17.9 Å². The Morgan fingerprint density at radius 2 is 1.90 bits per heavy atom. The van der Waals surface area contributed by atoms with Crippen molar-refractivity contribution in [1.82, 2.24) is 4.98 Å². The smallest absolute Gasteiger partial charge is 0.348 e. The summed E-state index contributed by atoms with van der Waals surface area (Å²) in [4.78, 5) is 53.5. The van der Waals surface area contributed by atoms with Crippen LogP contribution in [0, 0.1) is 6.92 Å². The van der Waals surface area contributed by atoms with Crippen molar-refractivity contribution in [2.75, 3.05) is 19.0 Å². The molecule has 31 heavy (non-hydrogen) atoms. The average molecular weight is 469 g/mol. The van der Waals surface area contributed by atoms with E-state index in [2.05, 4.69) is 10.3 Å². The van der Waals surface area contributed by atoms with Crippen LogP contribution in [-0.4, -0.2) is 48.6 Å². The van der Waals surface area contributed by atoms with Gasteiger partial charge in [0.2, 0.25) is 0 Å². The van der Waals surface area contributed by atoms with Gasteiger partial charge in [-0.05, 0) is 38.0 Å². The van der Waals surface area contributed by atoms with Crippen LogP contribution in [0.1, 0.15) is 56.2 Å².